The molecular formula is C12H16ClN3. The zero-order valence-corrected chi connectivity index (χ0v) is 10.3. The SMILES string of the molecule is CCCC(N)c1c(C)nc2cc(Cl)ccn12. The summed E-state index contributed by atoms with van der Waals surface area (Å²) < 4.78 is 2.03. The number of halogens is 1. The Labute approximate surface area is 100 Å². The molecule has 0 spiro atoms. The first-order valence-electron chi connectivity index (χ1n) is 5.53. The fraction of sp³-hybridized carbons (Fsp3) is 0.417. The molecule has 3 nitrogen and oxygen atoms in total. The van der Waals surface area contributed by atoms with Gasteiger partial charge in [-0.15, -0.1) is 0 Å². The molecule has 0 saturated heterocycles. The van der Waals surface area contributed by atoms with E-state index in [1.165, 1.54) is 0 Å². The first kappa shape index (κ1) is 11.4. The lowest BCUT2D eigenvalue weighted by molar-refractivity contribution is 0.613. The minimum absolute atomic E-state index is 0.0428. The van der Waals surface area contributed by atoms with Crippen molar-refractivity contribution in [3.63, 3.8) is 0 Å². The topological polar surface area (TPSA) is 43.3 Å². The summed E-state index contributed by atoms with van der Waals surface area (Å²) in [4.78, 5) is 4.48. The van der Waals surface area contributed by atoms with E-state index in [1.54, 1.807) is 0 Å². The fourth-order valence-electron chi connectivity index (χ4n) is 2.05. The zero-order valence-electron chi connectivity index (χ0n) is 9.57. The normalized spacial score (nSPS) is 13.2. The van der Waals surface area contributed by atoms with Gasteiger partial charge in [-0.25, -0.2) is 4.98 Å². The molecule has 0 aliphatic carbocycles. The second kappa shape index (κ2) is 4.44. The Morgan fingerprint density at radius 2 is 2.31 bits per heavy atom. The van der Waals surface area contributed by atoms with Gasteiger partial charge in [-0.2, -0.15) is 0 Å². The molecule has 1 unspecified atom stereocenters. The molecule has 86 valence electrons. The molecule has 2 aromatic heterocycles. The third-order valence-electron chi connectivity index (χ3n) is 2.76. The maximum absolute atomic E-state index is 6.16. The van der Waals surface area contributed by atoms with Gasteiger partial charge < -0.3 is 10.1 Å². The summed E-state index contributed by atoms with van der Waals surface area (Å²) in [5.41, 5.74) is 9.11. The second-order valence-electron chi connectivity index (χ2n) is 4.05. The molecule has 0 bridgehead atoms. The van der Waals surface area contributed by atoms with E-state index in [-0.39, 0.29) is 6.04 Å². The maximum atomic E-state index is 6.16. The van der Waals surface area contributed by atoms with Crippen LogP contribution in [0.2, 0.25) is 5.02 Å². The van der Waals surface area contributed by atoms with Crippen LogP contribution in [-0.2, 0) is 0 Å². The average molecular weight is 238 g/mol. The van der Waals surface area contributed by atoms with Crippen LogP contribution in [0.5, 0.6) is 0 Å². The van der Waals surface area contributed by atoms with E-state index < -0.39 is 0 Å². The summed E-state index contributed by atoms with van der Waals surface area (Å²) in [6.07, 6.45) is 3.97. The van der Waals surface area contributed by atoms with Crippen LogP contribution in [0.3, 0.4) is 0 Å². The number of fused-ring (bicyclic) bond motifs is 1. The Bertz CT molecular complexity index is 504. The van der Waals surface area contributed by atoms with Gasteiger partial charge in [0.25, 0.3) is 0 Å². The fourth-order valence-corrected chi connectivity index (χ4v) is 2.20. The zero-order chi connectivity index (χ0) is 11.7. The van der Waals surface area contributed by atoms with Gasteiger partial charge in [0.2, 0.25) is 0 Å². The van der Waals surface area contributed by atoms with Crippen molar-refractivity contribution >= 4 is 17.2 Å². The summed E-state index contributed by atoms with van der Waals surface area (Å²) in [5.74, 6) is 0. The molecule has 0 aliphatic rings. The highest BCUT2D eigenvalue weighted by atomic mass is 35.5. The van der Waals surface area contributed by atoms with Crippen LogP contribution >= 0.6 is 11.6 Å². The van der Waals surface area contributed by atoms with Crippen molar-refractivity contribution in [1.29, 1.82) is 0 Å². The first-order chi connectivity index (χ1) is 7.63. The van der Waals surface area contributed by atoms with Gasteiger partial charge in [0, 0.05) is 23.3 Å². The lowest BCUT2D eigenvalue weighted by Gasteiger charge is -2.11. The summed E-state index contributed by atoms with van der Waals surface area (Å²) in [6, 6.07) is 3.76. The molecular weight excluding hydrogens is 222 g/mol. The predicted molar refractivity (Wildman–Crippen MR) is 66.8 cm³/mol. The highest BCUT2D eigenvalue weighted by Crippen LogP contribution is 2.23. The third-order valence-corrected chi connectivity index (χ3v) is 3.00. The number of pyridine rings is 1. The summed E-state index contributed by atoms with van der Waals surface area (Å²) >= 11 is 5.94. The lowest BCUT2D eigenvalue weighted by Crippen LogP contribution is -2.13. The van der Waals surface area contributed by atoms with Gasteiger partial charge in [0.05, 0.1) is 11.4 Å². The molecule has 4 heteroatoms. The smallest absolute Gasteiger partial charge is 0.138 e. The minimum Gasteiger partial charge on any atom is -0.323 e. The molecule has 0 fully saturated rings. The van der Waals surface area contributed by atoms with Crippen molar-refractivity contribution in [1.82, 2.24) is 9.38 Å². The molecule has 16 heavy (non-hydrogen) atoms. The number of rotatable bonds is 3. The number of hydrogen-bond acceptors (Lipinski definition) is 2. The molecule has 0 radical (unpaired) electrons. The van der Waals surface area contributed by atoms with E-state index in [0.29, 0.717) is 5.02 Å². The van der Waals surface area contributed by atoms with Gasteiger partial charge in [-0.05, 0) is 19.4 Å². The highest BCUT2D eigenvalue weighted by Gasteiger charge is 2.15. The Morgan fingerprint density at radius 3 is 3.00 bits per heavy atom. The average Bonchev–Trinajstić information content (AvgIpc) is 2.53. The van der Waals surface area contributed by atoms with Gasteiger partial charge in [-0.1, -0.05) is 24.9 Å². The molecule has 0 amide bonds. The molecule has 0 saturated carbocycles. The molecule has 2 heterocycles. The van der Waals surface area contributed by atoms with Crippen molar-refractivity contribution in [2.45, 2.75) is 32.7 Å². The Morgan fingerprint density at radius 1 is 1.56 bits per heavy atom. The van der Waals surface area contributed by atoms with E-state index in [1.807, 2.05) is 29.7 Å². The number of aromatic nitrogens is 2. The Balaban J connectivity index is 2.55. The lowest BCUT2D eigenvalue weighted by atomic mass is 10.1. The minimum atomic E-state index is 0.0428. The maximum Gasteiger partial charge on any atom is 0.138 e. The van der Waals surface area contributed by atoms with Crippen molar-refractivity contribution in [3.05, 3.63) is 34.7 Å². The Kier molecular flexibility index (Phi) is 3.17. The molecule has 2 N–H and O–H groups in total. The van der Waals surface area contributed by atoms with Crippen LogP contribution in [-0.4, -0.2) is 9.38 Å². The number of imidazole rings is 1. The standard InChI is InChI=1S/C12H16ClN3/c1-3-4-10(14)12-8(2)15-11-7-9(13)5-6-16(11)12/h5-7,10H,3-4,14H2,1-2H3. The highest BCUT2D eigenvalue weighted by molar-refractivity contribution is 6.30. The number of nitrogens with zero attached hydrogens (tertiary/aromatic N) is 2. The quantitative estimate of drug-likeness (QED) is 0.892. The summed E-state index contributed by atoms with van der Waals surface area (Å²) in [6.45, 7) is 4.13. The van der Waals surface area contributed by atoms with Gasteiger partial charge in [0.15, 0.2) is 0 Å². The van der Waals surface area contributed by atoms with Crippen LogP contribution in [0, 0.1) is 6.92 Å². The van der Waals surface area contributed by atoms with Crippen molar-refractivity contribution in [2.75, 3.05) is 0 Å². The van der Waals surface area contributed by atoms with E-state index in [0.717, 1.165) is 29.9 Å². The van der Waals surface area contributed by atoms with E-state index >= 15 is 0 Å². The van der Waals surface area contributed by atoms with Crippen LogP contribution in [0.4, 0.5) is 0 Å². The number of nitrogens with two attached hydrogens (primary N) is 1. The van der Waals surface area contributed by atoms with Gasteiger partial charge in [-0.3, -0.25) is 0 Å². The monoisotopic (exact) mass is 237 g/mol. The van der Waals surface area contributed by atoms with Crippen molar-refractivity contribution in [3.8, 4) is 0 Å². The molecule has 1 atom stereocenters. The Hall–Kier alpha value is -1.06. The largest absolute Gasteiger partial charge is 0.323 e. The predicted octanol–water partition coefficient (Wildman–Crippen LogP) is 3.10. The van der Waals surface area contributed by atoms with Crippen LogP contribution < -0.4 is 5.73 Å². The third kappa shape index (κ3) is 1.93. The van der Waals surface area contributed by atoms with Crippen molar-refractivity contribution < 1.29 is 0 Å². The van der Waals surface area contributed by atoms with Crippen LogP contribution in [0.15, 0.2) is 18.3 Å². The van der Waals surface area contributed by atoms with E-state index in [9.17, 15) is 0 Å². The van der Waals surface area contributed by atoms with E-state index in [2.05, 4.69) is 11.9 Å². The molecule has 0 aliphatic heterocycles. The molecule has 2 aromatic rings. The van der Waals surface area contributed by atoms with Gasteiger partial charge in [0.1, 0.15) is 5.65 Å². The van der Waals surface area contributed by atoms with Crippen molar-refractivity contribution in [2.24, 2.45) is 5.73 Å². The van der Waals surface area contributed by atoms with E-state index in [4.69, 9.17) is 17.3 Å². The van der Waals surface area contributed by atoms with Gasteiger partial charge >= 0.3 is 0 Å². The van der Waals surface area contributed by atoms with Crippen LogP contribution in [0.25, 0.3) is 5.65 Å². The number of hydrogen-bond donors (Lipinski definition) is 1. The second-order valence-corrected chi connectivity index (χ2v) is 4.49. The summed E-state index contributed by atoms with van der Waals surface area (Å²) in [5, 5.41) is 0.702. The van der Waals surface area contributed by atoms with Crippen LogP contribution in [0.1, 0.15) is 37.2 Å². The first-order valence-corrected chi connectivity index (χ1v) is 5.91. The summed E-state index contributed by atoms with van der Waals surface area (Å²) in [7, 11) is 0. The molecule has 0 aromatic carbocycles. The number of aryl methyl sites for hydroxylation is 1. The molecule has 2 rings (SSSR count).